The zero-order valence-corrected chi connectivity index (χ0v) is 8.34. The molecule has 78 valence electrons. The molecule has 0 aliphatic heterocycles. The van der Waals surface area contributed by atoms with E-state index in [-0.39, 0.29) is 17.3 Å². The van der Waals surface area contributed by atoms with Gasteiger partial charge in [0.15, 0.2) is 11.6 Å². The highest BCUT2D eigenvalue weighted by Gasteiger charge is 2.18. The third kappa shape index (κ3) is 2.21. The van der Waals surface area contributed by atoms with Gasteiger partial charge in [-0.2, -0.15) is 0 Å². The van der Waals surface area contributed by atoms with Crippen molar-refractivity contribution in [2.24, 2.45) is 5.14 Å². The van der Waals surface area contributed by atoms with E-state index in [1.165, 1.54) is 12.1 Å². The van der Waals surface area contributed by atoms with Crippen molar-refractivity contribution >= 4 is 10.0 Å². The number of rotatable bonds is 3. The molecule has 4 nitrogen and oxygen atoms in total. The molecule has 0 amide bonds. The second kappa shape index (κ2) is 3.93. The molecular weight excluding hydrogens is 209 g/mol. The van der Waals surface area contributed by atoms with Gasteiger partial charge in [0.25, 0.3) is 0 Å². The van der Waals surface area contributed by atoms with Gasteiger partial charge >= 0.3 is 0 Å². The largest absolute Gasteiger partial charge is 0.489 e. The number of hydrogen-bond acceptors (Lipinski definition) is 3. The van der Waals surface area contributed by atoms with Crippen molar-refractivity contribution in [2.45, 2.75) is 11.8 Å². The summed E-state index contributed by atoms with van der Waals surface area (Å²) >= 11 is 0. The first-order valence-corrected chi connectivity index (χ1v) is 5.45. The molecule has 0 unspecified atom stereocenters. The third-order valence-corrected chi connectivity index (χ3v) is 2.46. The minimum atomic E-state index is -3.94. The molecule has 0 aliphatic rings. The number of primary sulfonamides is 1. The number of halogens is 1. The maximum atomic E-state index is 13.1. The maximum absolute atomic E-state index is 13.1. The molecule has 1 aromatic rings. The molecule has 1 aromatic carbocycles. The standard InChI is InChI=1S/C8H10FNO3S/c1-2-13-8-6(9)4-3-5-7(8)14(10,11)12/h3-5H,2H2,1H3,(H2,10,11,12). The van der Waals surface area contributed by atoms with Gasteiger partial charge < -0.3 is 4.74 Å². The van der Waals surface area contributed by atoms with E-state index in [9.17, 15) is 12.8 Å². The molecule has 6 heteroatoms. The van der Waals surface area contributed by atoms with Crippen LogP contribution in [0.15, 0.2) is 23.1 Å². The van der Waals surface area contributed by atoms with Crippen molar-refractivity contribution in [3.63, 3.8) is 0 Å². The lowest BCUT2D eigenvalue weighted by Crippen LogP contribution is -2.14. The summed E-state index contributed by atoms with van der Waals surface area (Å²) < 4.78 is 40.0. The molecule has 0 bridgehead atoms. The molecule has 2 N–H and O–H groups in total. The monoisotopic (exact) mass is 219 g/mol. The van der Waals surface area contributed by atoms with Crippen LogP contribution in [0.4, 0.5) is 4.39 Å². The number of benzene rings is 1. The molecule has 0 aliphatic carbocycles. The summed E-state index contributed by atoms with van der Waals surface area (Å²) in [4.78, 5) is -0.334. The average molecular weight is 219 g/mol. The topological polar surface area (TPSA) is 69.4 Å². The van der Waals surface area contributed by atoms with Gasteiger partial charge in [-0.15, -0.1) is 0 Å². The van der Waals surface area contributed by atoms with Gasteiger partial charge in [-0.05, 0) is 19.1 Å². The van der Waals surface area contributed by atoms with Crippen LogP contribution in [0.25, 0.3) is 0 Å². The first kappa shape index (κ1) is 10.9. The summed E-state index contributed by atoms with van der Waals surface area (Å²) in [6.45, 7) is 1.79. The Hall–Kier alpha value is -1.14. The Morgan fingerprint density at radius 2 is 2.14 bits per heavy atom. The smallest absolute Gasteiger partial charge is 0.241 e. The first-order chi connectivity index (χ1) is 6.46. The molecule has 0 saturated heterocycles. The maximum Gasteiger partial charge on any atom is 0.241 e. The second-order valence-corrected chi connectivity index (χ2v) is 4.07. The SMILES string of the molecule is CCOc1c(F)cccc1S(N)(=O)=O. The van der Waals surface area contributed by atoms with Crippen molar-refractivity contribution in [2.75, 3.05) is 6.61 Å². The lowest BCUT2D eigenvalue weighted by molar-refractivity contribution is 0.312. The molecule has 1 rings (SSSR count). The van der Waals surface area contributed by atoms with Crippen LogP contribution in [-0.4, -0.2) is 15.0 Å². The van der Waals surface area contributed by atoms with Gasteiger partial charge in [-0.3, -0.25) is 0 Å². The minimum absolute atomic E-state index is 0.170. The predicted octanol–water partition coefficient (Wildman–Crippen LogP) is 0.872. The Balaban J connectivity index is 3.36. The highest BCUT2D eigenvalue weighted by atomic mass is 32.2. The zero-order valence-electron chi connectivity index (χ0n) is 7.53. The fourth-order valence-electron chi connectivity index (χ4n) is 0.998. The lowest BCUT2D eigenvalue weighted by atomic mass is 10.3. The predicted molar refractivity (Wildman–Crippen MR) is 48.9 cm³/mol. The van der Waals surface area contributed by atoms with Crippen LogP contribution >= 0.6 is 0 Å². The van der Waals surface area contributed by atoms with Gasteiger partial charge in [0, 0.05) is 0 Å². The molecule has 0 heterocycles. The summed E-state index contributed by atoms with van der Waals surface area (Å²) in [6, 6.07) is 3.57. The van der Waals surface area contributed by atoms with Gasteiger partial charge in [-0.25, -0.2) is 17.9 Å². The minimum Gasteiger partial charge on any atom is -0.489 e. The van der Waals surface area contributed by atoms with E-state index in [0.29, 0.717) is 0 Å². The van der Waals surface area contributed by atoms with Gasteiger partial charge in [-0.1, -0.05) is 6.07 Å². The van der Waals surface area contributed by atoms with Crippen LogP contribution in [0.2, 0.25) is 0 Å². The summed E-state index contributed by atoms with van der Waals surface area (Å²) in [5.41, 5.74) is 0. The highest BCUT2D eigenvalue weighted by Crippen LogP contribution is 2.25. The van der Waals surface area contributed by atoms with Crippen molar-refractivity contribution in [3.8, 4) is 5.75 Å². The molecule has 0 atom stereocenters. The summed E-state index contributed by atoms with van der Waals surface area (Å²) in [6.07, 6.45) is 0. The molecule has 0 fully saturated rings. The van der Waals surface area contributed by atoms with Crippen molar-refractivity contribution in [1.82, 2.24) is 0 Å². The van der Waals surface area contributed by atoms with Crippen LogP contribution in [-0.2, 0) is 10.0 Å². The fourth-order valence-corrected chi connectivity index (χ4v) is 1.68. The number of ether oxygens (including phenoxy) is 1. The summed E-state index contributed by atoms with van der Waals surface area (Å²) in [5, 5.41) is 4.88. The first-order valence-electron chi connectivity index (χ1n) is 3.91. The van der Waals surface area contributed by atoms with Gasteiger partial charge in [0.1, 0.15) is 4.90 Å². The van der Waals surface area contributed by atoms with Crippen LogP contribution in [0.5, 0.6) is 5.75 Å². The lowest BCUT2D eigenvalue weighted by Gasteiger charge is -2.08. The van der Waals surface area contributed by atoms with Crippen molar-refractivity contribution in [1.29, 1.82) is 0 Å². The second-order valence-electron chi connectivity index (χ2n) is 2.55. The number of para-hydroxylation sites is 1. The Bertz CT molecular complexity index is 430. The van der Waals surface area contributed by atoms with E-state index >= 15 is 0 Å². The Morgan fingerprint density at radius 3 is 2.64 bits per heavy atom. The van der Waals surface area contributed by atoms with Gasteiger partial charge in [0.2, 0.25) is 10.0 Å². The van der Waals surface area contributed by atoms with E-state index in [2.05, 4.69) is 0 Å². The number of nitrogens with two attached hydrogens (primary N) is 1. The van der Waals surface area contributed by atoms with Crippen LogP contribution < -0.4 is 9.88 Å². The van der Waals surface area contributed by atoms with Crippen LogP contribution in [0.3, 0.4) is 0 Å². The molecular formula is C8H10FNO3S. The Morgan fingerprint density at radius 1 is 1.50 bits per heavy atom. The molecule has 0 radical (unpaired) electrons. The fraction of sp³-hybridized carbons (Fsp3) is 0.250. The molecule has 0 saturated carbocycles. The third-order valence-electron chi connectivity index (χ3n) is 1.53. The van der Waals surface area contributed by atoms with E-state index in [1.54, 1.807) is 6.92 Å². The zero-order chi connectivity index (χ0) is 10.8. The van der Waals surface area contributed by atoms with Gasteiger partial charge in [0.05, 0.1) is 6.61 Å². The van der Waals surface area contributed by atoms with Crippen molar-refractivity contribution < 1.29 is 17.5 Å². The average Bonchev–Trinajstić information content (AvgIpc) is 2.07. The molecule has 14 heavy (non-hydrogen) atoms. The van der Waals surface area contributed by atoms with E-state index in [4.69, 9.17) is 9.88 Å². The summed E-state index contributed by atoms with van der Waals surface area (Å²) in [7, 11) is -3.94. The quantitative estimate of drug-likeness (QED) is 0.820. The Labute approximate surface area is 81.5 Å². The van der Waals surface area contributed by atoms with Crippen LogP contribution in [0.1, 0.15) is 6.92 Å². The molecule has 0 spiro atoms. The van der Waals surface area contributed by atoms with E-state index < -0.39 is 15.8 Å². The van der Waals surface area contributed by atoms with E-state index in [0.717, 1.165) is 6.07 Å². The van der Waals surface area contributed by atoms with Crippen molar-refractivity contribution in [3.05, 3.63) is 24.0 Å². The summed E-state index contributed by atoms with van der Waals surface area (Å²) in [5.74, 6) is -1.06. The highest BCUT2D eigenvalue weighted by molar-refractivity contribution is 7.89. The van der Waals surface area contributed by atoms with Crippen LogP contribution in [0, 0.1) is 5.82 Å². The normalized spacial score (nSPS) is 11.4. The molecule has 0 aromatic heterocycles. The number of hydrogen-bond donors (Lipinski definition) is 1. The van der Waals surface area contributed by atoms with E-state index in [1.807, 2.05) is 0 Å². The Kier molecular flexibility index (Phi) is 3.07. The number of sulfonamides is 1.